The lowest BCUT2D eigenvalue weighted by Gasteiger charge is -2.16. The van der Waals surface area contributed by atoms with Crippen molar-refractivity contribution in [1.29, 1.82) is 0 Å². The Labute approximate surface area is 157 Å². The van der Waals surface area contributed by atoms with E-state index in [0.29, 0.717) is 6.29 Å². The summed E-state index contributed by atoms with van der Waals surface area (Å²) in [4.78, 5) is 35.8. The van der Waals surface area contributed by atoms with Gasteiger partial charge in [-0.05, 0) is 24.6 Å². The van der Waals surface area contributed by atoms with Crippen LogP contribution in [-0.4, -0.2) is 39.0 Å². The molecule has 142 valence electrons. The standard InChI is InChI=1S/C20H21NO6/c1-13(14-7-5-4-6-8-14)21-17(23)12-27-20(24)18-15(11-22)9-10-16(25-2)19(18)26-3/h4-11,13H,12H2,1-3H3,(H,21,23)/t13-/m0/s1. The van der Waals surface area contributed by atoms with Crippen LogP contribution < -0.4 is 14.8 Å². The monoisotopic (exact) mass is 371 g/mol. The average molecular weight is 371 g/mol. The number of rotatable bonds is 8. The molecular formula is C20H21NO6. The largest absolute Gasteiger partial charge is 0.493 e. The van der Waals surface area contributed by atoms with Crippen molar-refractivity contribution in [2.75, 3.05) is 20.8 Å². The Balaban J connectivity index is 2.07. The Bertz CT molecular complexity index is 819. The normalized spacial score (nSPS) is 11.2. The summed E-state index contributed by atoms with van der Waals surface area (Å²) >= 11 is 0. The van der Waals surface area contributed by atoms with Gasteiger partial charge in [-0.3, -0.25) is 9.59 Å². The summed E-state index contributed by atoms with van der Waals surface area (Å²) in [6.07, 6.45) is 0.510. The van der Waals surface area contributed by atoms with Gasteiger partial charge in [0.15, 0.2) is 24.4 Å². The third-order valence-electron chi connectivity index (χ3n) is 3.92. The van der Waals surface area contributed by atoms with E-state index in [4.69, 9.17) is 14.2 Å². The van der Waals surface area contributed by atoms with Crippen molar-refractivity contribution in [1.82, 2.24) is 5.32 Å². The zero-order valence-electron chi connectivity index (χ0n) is 15.4. The predicted molar refractivity (Wildman–Crippen MR) is 98.2 cm³/mol. The summed E-state index contributed by atoms with van der Waals surface area (Å²) < 4.78 is 15.4. The van der Waals surface area contributed by atoms with E-state index >= 15 is 0 Å². The maximum atomic E-state index is 12.4. The van der Waals surface area contributed by atoms with E-state index in [-0.39, 0.29) is 28.7 Å². The van der Waals surface area contributed by atoms with Crippen LogP contribution in [0.3, 0.4) is 0 Å². The van der Waals surface area contributed by atoms with Crippen LogP contribution in [0.2, 0.25) is 0 Å². The topological polar surface area (TPSA) is 90.9 Å². The van der Waals surface area contributed by atoms with Crippen LogP contribution in [0, 0.1) is 0 Å². The number of hydrogen-bond acceptors (Lipinski definition) is 6. The Morgan fingerprint density at radius 1 is 1.07 bits per heavy atom. The maximum Gasteiger partial charge on any atom is 0.343 e. The minimum Gasteiger partial charge on any atom is -0.493 e. The molecule has 7 nitrogen and oxygen atoms in total. The van der Waals surface area contributed by atoms with Crippen molar-refractivity contribution in [3.05, 3.63) is 59.2 Å². The highest BCUT2D eigenvalue weighted by molar-refractivity contribution is 6.02. The zero-order valence-corrected chi connectivity index (χ0v) is 15.4. The fraction of sp³-hybridized carbons (Fsp3) is 0.250. The van der Waals surface area contributed by atoms with Crippen LogP contribution in [0.15, 0.2) is 42.5 Å². The van der Waals surface area contributed by atoms with E-state index in [9.17, 15) is 14.4 Å². The molecule has 0 saturated heterocycles. The molecule has 1 atom stereocenters. The van der Waals surface area contributed by atoms with Crippen molar-refractivity contribution < 1.29 is 28.6 Å². The number of carbonyl (C=O) groups is 3. The molecule has 2 rings (SSSR count). The van der Waals surface area contributed by atoms with E-state index < -0.39 is 18.5 Å². The van der Waals surface area contributed by atoms with Crippen molar-refractivity contribution in [2.45, 2.75) is 13.0 Å². The SMILES string of the molecule is COc1ccc(C=O)c(C(=O)OCC(=O)N[C@@H](C)c2ccccc2)c1OC. The molecule has 0 aromatic heterocycles. The van der Waals surface area contributed by atoms with E-state index in [2.05, 4.69) is 5.32 Å². The van der Waals surface area contributed by atoms with Crippen molar-refractivity contribution in [3.8, 4) is 11.5 Å². The highest BCUT2D eigenvalue weighted by Crippen LogP contribution is 2.33. The molecule has 1 N–H and O–H groups in total. The molecule has 2 aromatic rings. The molecule has 0 heterocycles. The van der Waals surface area contributed by atoms with Crippen LogP contribution in [0.1, 0.15) is 39.2 Å². The maximum absolute atomic E-state index is 12.4. The molecule has 0 unspecified atom stereocenters. The molecule has 0 saturated carbocycles. The second-order valence-corrected chi connectivity index (χ2v) is 5.66. The van der Waals surface area contributed by atoms with Crippen LogP contribution in [0.4, 0.5) is 0 Å². The number of hydrogen-bond donors (Lipinski definition) is 1. The summed E-state index contributed by atoms with van der Waals surface area (Å²) in [5.74, 6) is -0.966. The van der Waals surface area contributed by atoms with Gasteiger partial charge in [0.05, 0.1) is 20.3 Å². The van der Waals surface area contributed by atoms with Crippen LogP contribution >= 0.6 is 0 Å². The molecule has 7 heteroatoms. The van der Waals surface area contributed by atoms with Gasteiger partial charge in [-0.2, -0.15) is 0 Å². The first-order valence-electron chi connectivity index (χ1n) is 8.23. The van der Waals surface area contributed by atoms with Crippen molar-refractivity contribution >= 4 is 18.2 Å². The zero-order chi connectivity index (χ0) is 19.8. The summed E-state index contributed by atoms with van der Waals surface area (Å²) in [7, 11) is 2.75. The number of esters is 1. The molecule has 1 amide bonds. The minimum atomic E-state index is -0.852. The number of ether oxygens (including phenoxy) is 3. The lowest BCUT2D eigenvalue weighted by molar-refractivity contribution is -0.124. The van der Waals surface area contributed by atoms with Crippen LogP contribution in [-0.2, 0) is 9.53 Å². The van der Waals surface area contributed by atoms with Gasteiger partial charge < -0.3 is 19.5 Å². The lowest BCUT2D eigenvalue weighted by atomic mass is 10.1. The number of methoxy groups -OCH3 is 2. The second kappa shape index (κ2) is 9.38. The van der Waals surface area contributed by atoms with Crippen LogP contribution in [0.5, 0.6) is 11.5 Å². The fourth-order valence-corrected chi connectivity index (χ4v) is 2.56. The molecule has 2 aromatic carbocycles. The Morgan fingerprint density at radius 2 is 1.78 bits per heavy atom. The Hall–Kier alpha value is -3.35. The van der Waals surface area contributed by atoms with Crippen LogP contribution in [0.25, 0.3) is 0 Å². The summed E-state index contributed by atoms with van der Waals surface area (Å²) in [5, 5.41) is 2.74. The second-order valence-electron chi connectivity index (χ2n) is 5.66. The minimum absolute atomic E-state index is 0.0742. The van der Waals surface area contributed by atoms with E-state index in [1.807, 2.05) is 37.3 Å². The molecule has 0 aliphatic rings. The van der Waals surface area contributed by atoms with Crippen molar-refractivity contribution in [2.24, 2.45) is 0 Å². The summed E-state index contributed by atoms with van der Waals surface area (Å²) in [6, 6.07) is 12.1. The summed E-state index contributed by atoms with van der Waals surface area (Å²) in [6.45, 7) is 1.33. The highest BCUT2D eigenvalue weighted by Gasteiger charge is 2.23. The number of benzene rings is 2. The number of amides is 1. The first kappa shape index (κ1) is 20.0. The number of nitrogens with one attached hydrogen (secondary N) is 1. The van der Waals surface area contributed by atoms with E-state index in [0.717, 1.165) is 5.56 Å². The highest BCUT2D eigenvalue weighted by atomic mass is 16.5. The molecule has 0 radical (unpaired) electrons. The quantitative estimate of drug-likeness (QED) is 0.566. The van der Waals surface area contributed by atoms with Gasteiger partial charge in [0.25, 0.3) is 5.91 Å². The fourth-order valence-electron chi connectivity index (χ4n) is 2.56. The van der Waals surface area contributed by atoms with Gasteiger partial charge in [0, 0.05) is 5.56 Å². The van der Waals surface area contributed by atoms with E-state index in [1.54, 1.807) is 0 Å². The number of aldehydes is 1. The lowest BCUT2D eigenvalue weighted by Crippen LogP contribution is -2.31. The third kappa shape index (κ3) is 4.84. The van der Waals surface area contributed by atoms with E-state index in [1.165, 1.54) is 26.4 Å². The first-order chi connectivity index (χ1) is 13.0. The van der Waals surface area contributed by atoms with Gasteiger partial charge >= 0.3 is 5.97 Å². The molecule has 0 aliphatic heterocycles. The molecule has 0 spiro atoms. The van der Waals surface area contributed by atoms with Gasteiger partial charge in [-0.15, -0.1) is 0 Å². The van der Waals surface area contributed by atoms with Gasteiger partial charge in [0.2, 0.25) is 0 Å². The first-order valence-corrected chi connectivity index (χ1v) is 8.23. The molecular weight excluding hydrogens is 350 g/mol. The van der Waals surface area contributed by atoms with Crippen molar-refractivity contribution in [3.63, 3.8) is 0 Å². The molecule has 27 heavy (non-hydrogen) atoms. The smallest absolute Gasteiger partial charge is 0.343 e. The third-order valence-corrected chi connectivity index (χ3v) is 3.92. The Morgan fingerprint density at radius 3 is 2.37 bits per heavy atom. The average Bonchev–Trinajstić information content (AvgIpc) is 2.71. The summed E-state index contributed by atoms with van der Waals surface area (Å²) in [5.41, 5.74) is 0.918. The van der Waals surface area contributed by atoms with Gasteiger partial charge in [-0.25, -0.2) is 4.79 Å². The molecule has 0 bridgehead atoms. The molecule has 0 fully saturated rings. The number of carbonyl (C=O) groups excluding carboxylic acids is 3. The molecule has 0 aliphatic carbocycles. The Kier molecular flexibility index (Phi) is 6.93. The predicted octanol–water partition coefficient (Wildman–Crippen LogP) is 2.55. The van der Waals surface area contributed by atoms with Gasteiger partial charge in [-0.1, -0.05) is 30.3 Å². The van der Waals surface area contributed by atoms with Gasteiger partial charge in [0.1, 0.15) is 5.56 Å².